The summed E-state index contributed by atoms with van der Waals surface area (Å²) in [5, 5.41) is 5.45. The van der Waals surface area contributed by atoms with Crippen molar-refractivity contribution < 1.29 is 14.0 Å². The molecule has 0 saturated carbocycles. The Kier molecular flexibility index (Phi) is 9.49. The van der Waals surface area contributed by atoms with Gasteiger partial charge in [0.05, 0.1) is 6.67 Å². The van der Waals surface area contributed by atoms with Crippen LogP contribution in [0.1, 0.15) is 39.5 Å². The van der Waals surface area contributed by atoms with Crippen LogP contribution >= 0.6 is 0 Å². The third-order valence-corrected chi connectivity index (χ3v) is 6.12. The van der Waals surface area contributed by atoms with Crippen LogP contribution in [0.25, 0.3) is 0 Å². The fraction of sp³-hybridized carbons (Fsp3) is 0.857. The Bertz CT molecular complexity index is 309. The zero-order chi connectivity index (χ0) is 15.6. The van der Waals surface area contributed by atoms with Crippen molar-refractivity contribution in [3.63, 3.8) is 0 Å². The molecule has 0 bridgehead atoms. The molecule has 1 unspecified atom stereocenters. The van der Waals surface area contributed by atoms with E-state index >= 15 is 0 Å². The summed E-state index contributed by atoms with van der Waals surface area (Å²) in [6, 6.07) is 0.969. The van der Waals surface area contributed by atoms with E-state index in [0.29, 0.717) is 6.42 Å². The van der Waals surface area contributed by atoms with Crippen LogP contribution < -0.4 is 10.6 Å². The van der Waals surface area contributed by atoms with Crippen molar-refractivity contribution in [2.45, 2.75) is 58.7 Å². The average molecular weight is 302 g/mol. The van der Waals surface area contributed by atoms with Crippen LogP contribution in [0, 0.1) is 5.92 Å². The Morgan fingerprint density at radius 3 is 2.45 bits per heavy atom. The van der Waals surface area contributed by atoms with Gasteiger partial charge in [0.25, 0.3) is 0 Å². The van der Waals surface area contributed by atoms with Crippen LogP contribution in [-0.4, -0.2) is 33.9 Å². The van der Waals surface area contributed by atoms with Gasteiger partial charge in [0.2, 0.25) is 11.8 Å². The topological polar surface area (TPSA) is 67.4 Å². The summed E-state index contributed by atoms with van der Waals surface area (Å²) in [5.74, 6) is -0.0141. The summed E-state index contributed by atoms with van der Waals surface area (Å²) < 4.78 is 5.43. The number of carbonyl (C=O) groups excluding carboxylic acids is 2. The highest BCUT2D eigenvalue weighted by Gasteiger charge is 2.20. The van der Waals surface area contributed by atoms with Crippen molar-refractivity contribution in [3.8, 4) is 0 Å². The molecule has 0 saturated heterocycles. The number of carbonyl (C=O) groups is 2. The molecule has 2 amide bonds. The number of hydrogen-bond acceptors (Lipinski definition) is 3. The second-order valence-corrected chi connectivity index (χ2v) is 10.3. The zero-order valence-electron chi connectivity index (χ0n) is 13.5. The van der Waals surface area contributed by atoms with Gasteiger partial charge in [-0.05, 0) is 32.0 Å². The molecule has 6 heteroatoms. The Balaban J connectivity index is 3.71. The molecule has 0 heterocycles. The predicted molar refractivity (Wildman–Crippen MR) is 83.8 cm³/mol. The van der Waals surface area contributed by atoms with Gasteiger partial charge in [-0.25, -0.2) is 0 Å². The molecule has 0 fully saturated rings. The first-order chi connectivity index (χ1) is 9.32. The van der Waals surface area contributed by atoms with E-state index in [1.165, 1.54) is 0 Å². The summed E-state index contributed by atoms with van der Waals surface area (Å²) in [4.78, 5) is 23.2. The summed E-state index contributed by atoms with van der Waals surface area (Å²) in [5.41, 5.74) is 0. The predicted octanol–water partition coefficient (Wildman–Crippen LogP) is 2.24. The number of nitrogens with one attached hydrogen (secondary N) is 2. The molecule has 0 aliphatic rings. The van der Waals surface area contributed by atoms with Gasteiger partial charge in [0, 0.05) is 19.4 Å². The monoisotopic (exact) mass is 302 g/mol. The molecule has 5 nitrogen and oxygen atoms in total. The van der Waals surface area contributed by atoms with Gasteiger partial charge < -0.3 is 15.1 Å². The summed E-state index contributed by atoms with van der Waals surface area (Å²) in [6.45, 7) is 8.45. The van der Waals surface area contributed by atoms with Crippen molar-refractivity contribution in [2.75, 3.05) is 13.8 Å². The Hall–Kier alpha value is -0.883. The standard InChI is InChI=1S/C14H30N2O3Si/c1-6-8-12(2)14(18)16-11-15-13(17)9-7-10-20(4,5)19-3/h12H,6-11H2,1-5H3,(H,15,17)(H,16,18). The minimum atomic E-state index is -1.57. The Morgan fingerprint density at radius 2 is 1.90 bits per heavy atom. The van der Waals surface area contributed by atoms with E-state index in [-0.39, 0.29) is 24.4 Å². The maximum Gasteiger partial charge on any atom is 0.224 e. The first-order valence-electron chi connectivity index (χ1n) is 7.42. The van der Waals surface area contributed by atoms with Gasteiger partial charge in [-0.2, -0.15) is 0 Å². The molecule has 0 aromatic carbocycles. The second kappa shape index (κ2) is 9.93. The van der Waals surface area contributed by atoms with E-state index in [9.17, 15) is 9.59 Å². The number of hydrogen-bond donors (Lipinski definition) is 2. The largest absolute Gasteiger partial charge is 0.420 e. The molecule has 1 atom stereocenters. The van der Waals surface area contributed by atoms with Gasteiger partial charge in [-0.3, -0.25) is 9.59 Å². The highest BCUT2D eigenvalue weighted by molar-refractivity contribution is 6.71. The van der Waals surface area contributed by atoms with Crippen LogP contribution in [0.3, 0.4) is 0 Å². The normalized spacial score (nSPS) is 12.8. The first-order valence-corrected chi connectivity index (χ1v) is 10.5. The summed E-state index contributed by atoms with van der Waals surface area (Å²) in [7, 11) is 0.168. The van der Waals surface area contributed by atoms with Crippen molar-refractivity contribution >= 4 is 20.1 Å². The first kappa shape index (κ1) is 19.1. The van der Waals surface area contributed by atoms with Gasteiger partial charge in [0.1, 0.15) is 0 Å². The van der Waals surface area contributed by atoms with E-state index < -0.39 is 8.32 Å². The molecule has 20 heavy (non-hydrogen) atoms. The highest BCUT2D eigenvalue weighted by atomic mass is 28.4. The molecule has 0 aromatic heterocycles. The van der Waals surface area contributed by atoms with Gasteiger partial charge >= 0.3 is 0 Å². The third-order valence-electron chi connectivity index (χ3n) is 3.45. The molecule has 0 radical (unpaired) electrons. The lowest BCUT2D eigenvalue weighted by molar-refractivity contribution is -0.125. The van der Waals surface area contributed by atoms with Crippen LogP contribution in [-0.2, 0) is 14.0 Å². The van der Waals surface area contributed by atoms with Crippen LogP contribution in [0.2, 0.25) is 19.1 Å². The smallest absolute Gasteiger partial charge is 0.224 e. The Morgan fingerprint density at radius 1 is 1.25 bits per heavy atom. The minimum Gasteiger partial charge on any atom is -0.420 e. The highest BCUT2D eigenvalue weighted by Crippen LogP contribution is 2.13. The quantitative estimate of drug-likeness (QED) is 0.480. The van der Waals surface area contributed by atoms with E-state index in [0.717, 1.165) is 25.3 Å². The summed E-state index contributed by atoms with van der Waals surface area (Å²) in [6.07, 6.45) is 3.18. The van der Waals surface area contributed by atoms with Crippen molar-refractivity contribution in [1.29, 1.82) is 0 Å². The van der Waals surface area contributed by atoms with Crippen molar-refractivity contribution in [3.05, 3.63) is 0 Å². The molecule has 0 aliphatic heterocycles. The van der Waals surface area contributed by atoms with Crippen LogP contribution in [0.5, 0.6) is 0 Å². The summed E-state index contributed by atoms with van der Waals surface area (Å²) >= 11 is 0. The maximum atomic E-state index is 11.6. The fourth-order valence-corrected chi connectivity index (χ4v) is 3.07. The lowest BCUT2D eigenvalue weighted by Crippen LogP contribution is -2.39. The molecule has 2 N–H and O–H groups in total. The lowest BCUT2D eigenvalue weighted by Gasteiger charge is -2.19. The van der Waals surface area contributed by atoms with Gasteiger partial charge in [-0.1, -0.05) is 20.3 Å². The van der Waals surface area contributed by atoms with Crippen molar-refractivity contribution in [2.24, 2.45) is 5.92 Å². The van der Waals surface area contributed by atoms with Gasteiger partial charge in [-0.15, -0.1) is 0 Å². The maximum absolute atomic E-state index is 11.6. The minimum absolute atomic E-state index is 0.0000683. The van der Waals surface area contributed by atoms with E-state index in [4.69, 9.17) is 4.43 Å². The molecular formula is C14H30N2O3Si. The second-order valence-electron chi connectivity index (χ2n) is 5.82. The number of amides is 2. The molecule has 0 aliphatic carbocycles. The van der Waals surface area contributed by atoms with Crippen LogP contribution in [0.15, 0.2) is 0 Å². The average Bonchev–Trinajstić information content (AvgIpc) is 2.38. The number of rotatable bonds is 10. The zero-order valence-corrected chi connectivity index (χ0v) is 14.5. The lowest BCUT2D eigenvalue weighted by atomic mass is 10.1. The molecule has 118 valence electrons. The van der Waals surface area contributed by atoms with E-state index in [1.807, 2.05) is 6.92 Å². The molecule has 0 rings (SSSR count). The molecule has 0 aromatic rings. The van der Waals surface area contributed by atoms with E-state index in [1.54, 1.807) is 7.11 Å². The van der Waals surface area contributed by atoms with Crippen LogP contribution in [0.4, 0.5) is 0 Å². The third kappa shape index (κ3) is 9.09. The van der Waals surface area contributed by atoms with Crippen molar-refractivity contribution in [1.82, 2.24) is 10.6 Å². The Labute approximate surface area is 124 Å². The van der Waals surface area contributed by atoms with E-state index in [2.05, 4.69) is 30.7 Å². The van der Waals surface area contributed by atoms with Gasteiger partial charge in [0.15, 0.2) is 8.32 Å². The molecule has 0 spiro atoms. The SMILES string of the molecule is CCCC(C)C(=O)NCNC(=O)CCC[Si](C)(C)OC. The molecular weight excluding hydrogens is 272 g/mol. The fourth-order valence-electron chi connectivity index (χ4n) is 1.83.